The SMILES string of the molecule is CCCNC(CC(C)C)c1ccc(C)s1. The minimum absolute atomic E-state index is 0.559. The monoisotopic (exact) mass is 225 g/mol. The molecule has 0 aliphatic carbocycles. The van der Waals surface area contributed by atoms with E-state index in [1.165, 1.54) is 22.6 Å². The van der Waals surface area contributed by atoms with E-state index in [4.69, 9.17) is 0 Å². The lowest BCUT2D eigenvalue weighted by Crippen LogP contribution is -2.22. The Hall–Kier alpha value is -0.340. The van der Waals surface area contributed by atoms with Gasteiger partial charge in [-0.3, -0.25) is 0 Å². The van der Waals surface area contributed by atoms with Crippen molar-refractivity contribution < 1.29 is 0 Å². The second kappa shape index (κ2) is 6.29. The number of hydrogen-bond donors (Lipinski definition) is 1. The van der Waals surface area contributed by atoms with Gasteiger partial charge in [0.15, 0.2) is 0 Å². The third-order valence-corrected chi connectivity index (χ3v) is 3.57. The predicted molar refractivity (Wildman–Crippen MR) is 69.5 cm³/mol. The first-order valence-electron chi connectivity index (χ1n) is 5.93. The third-order valence-electron chi connectivity index (χ3n) is 2.45. The molecule has 1 rings (SSSR count). The van der Waals surface area contributed by atoms with Gasteiger partial charge in [-0.2, -0.15) is 0 Å². The quantitative estimate of drug-likeness (QED) is 0.767. The van der Waals surface area contributed by atoms with E-state index in [1.807, 2.05) is 11.3 Å². The van der Waals surface area contributed by atoms with Crippen molar-refractivity contribution >= 4 is 11.3 Å². The first-order valence-corrected chi connectivity index (χ1v) is 6.74. The maximum atomic E-state index is 3.64. The minimum atomic E-state index is 0.559. The smallest absolute Gasteiger partial charge is 0.0417 e. The van der Waals surface area contributed by atoms with Gasteiger partial charge in [0.25, 0.3) is 0 Å². The molecule has 1 atom stereocenters. The molecule has 1 heterocycles. The molecule has 0 bridgehead atoms. The maximum absolute atomic E-state index is 3.64. The Labute approximate surface area is 97.9 Å². The molecular weight excluding hydrogens is 202 g/mol. The summed E-state index contributed by atoms with van der Waals surface area (Å²) in [7, 11) is 0. The van der Waals surface area contributed by atoms with Crippen molar-refractivity contribution in [3.8, 4) is 0 Å². The molecule has 1 aromatic rings. The molecule has 0 saturated carbocycles. The Morgan fingerprint density at radius 3 is 2.53 bits per heavy atom. The summed E-state index contributed by atoms with van der Waals surface area (Å²) in [5.41, 5.74) is 0. The van der Waals surface area contributed by atoms with Gasteiger partial charge in [0.2, 0.25) is 0 Å². The van der Waals surface area contributed by atoms with Crippen LogP contribution < -0.4 is 5.32 Å². The van der Waals surface area contributed by atoms with Crippen LogP contribution in [0, 0.1) is 12.8 Å². The molecule has 15 heavy (non-hydrogen) atoms. The van der Waals surface area contributed by atoms with Crippen LogP contribution in [0.3, 0.4) is 0 Å². The fraction of sp³-hybridized carbons (Fsp3) is 0.692. The number of rotatable bonds is 6. The van der Waals surface area contributed by atoms with E-state index >= 15 is 0 Å². The van der Waals surface area contributed by atoms with Crippen LogP contribution in [0.2, 0.25) is 0 Å². The molecule has 0 fully saturated rings. The molecule has 0 saturated heterocycles. The number of nitrogens with one attached hydrogen (secondary N) is 1. The molecule has 0 spiro atoms. The maximum Gasteiger partial charge on any atom is 0.0417 e. The van der Waals surface area contributed by atoms with Crippen molar-refractivity contribution in [2.75, 3.05) is 6.54 Å². The Balaban J connectivity index is 2.62. The second-order valence-electron chi connectivity index (χ2n) is 4.58. The van der Waals surface area contributed by atoms with Gasteiger partial charge in [-0.05, 0) is 44.4 Å². The highest BCUT2D eigenvalue weighted by Crippen LogP contribution is 2.27. The van der Waals surface area contributed by atoms with Crippen LogP contribution in [-0.4, -0.2) is 6.54 Å². The zero-order valence-electron chi connectivity index (χ0n) is 10.3. The topological polar surface area (TPSA) is 12.0 Å². The van der Waals surface area contributed by atoms with Crippen molar-refractivity contribution in [3.63, 3.8) is 0 Å². The summed E-state index contributed by atoms with van der Waals surface area (Å²) < 4.78 is 0. The molecule has 0 aromatic carbocycles. The molecule has 2 heteroatoms. The molecule has 86 valence electrons. The minimum Gasteiger partial charge on any atom is -0.309 e. The van der Waals surface area contributed by atoms with Gasteiger partial charge in [0.1, 0.15) is 0 Å². The Kier molecular flexibility index (Phi) is 5.34. The van der Waals surface area contributed by atoms with Gasteiger partial charge in [-0.1, -0.05) is 20.8 Å². The lowest BCUT2D eigenvalue weighted by atomic mass is 10.0. The molecule has 1 unspecified atom stereocenters. The summed E-state index contributed by atoms with van der Waals surface area (Å²) in [4.78, 5) is 2.91. The first kappa shape index (κ1) is 12.7. The average Bonchev–Trinajstić information content (AvgIpc) is 2.58. The fourth-order valence-corrected chi connectivity index (χ4v) is 2.70. The van der Waals surface area contributed by atoms with Crippen molar-refractivity contribution in [2.45, 2.75) is 46.6 Å². The van der Waals surface area contributed by atoms with Gasteiger partial charge in [-0.25, -0.2) is 0 Å². The van der Waals surface area contributed by atoms with Crippen LogP contribution in [0.25, 0.3) is 0 Å². The highest BCUT2D eigenvalue weighted by atomic mass is 32.1. The van der Waals surface area contributed by atoms with Crippen molar-refractivity contribution in [3.05, 3.63) is 21.9 Å². The molecule has 0 aliphatic rings. The average molecular weight is 225 g/mol. The molecule has 0 amide bonds. The molecule has 0 radical (unpaired) electrons. The number of thiophene rings is 1. The van der Waals surface area contributed by atoms with E-state index in [0.29, 0.717) is 6.04 Å². The molecule has 0 aliphatic heterocycles. The standard InChI is InChI=1S/C13H23NS/c1-5-8-14-12(9-10(2)3)13-7-6-11(4)15-13/h6-7,10,12,14H,5,8-9H2,1-4H3. The summed E-state index contributed by atoms with van der Waals surface area (Å²) in [5, 5.41) is 3.64. The summed E-state index contributed by atoms with van der Waals surface area (Å²) in [6.45, 7) is 10.1. The highest BCUT2D eigenvalue weighted by Gasteiger charge is 2.13. The van der Waals surface area contributed by atoms with E-state index < -0.39 is 0 Å². The lowest BCUT2D eigenvalue weighted by Gasteiger charge is -2.19. The highest BCUT2D eigenvalue weighted by molar-refractivity contribution is 7.12. The third kappa shape index (κ3) is 4.35. The van der Waals surface area contributed by atoms with Gasteiger partial charge < -0.3 is 5.32 Å². The normalized spacial score (nSPS) is 13.4. The second-order valence-corrected chi connectivity index (χ2v) is 5.90. The zero-order chi connectivity index (χ0) is 11.3. The van der Waals surface area contributed by atoms with Crippen LogP contribution in [0.4, 0.5) is 0 Å². The number of aryl methyl sites for hydroxylation is 1. The largest absolute Gasteiger partial charge is 0.309 e. The Morgan fingerprint density at radius 1 is 1.33 bits per heavy atom. The van der Waals surface area contributed by atoms with Crippen LogP contribution >= 0.6 is 11.3 Å². The summed E-state index contributed by atoms with van der Waals surface area (Å²) in [6.07, 6.45) is 2.44. The van der Waals surface area contributed by atoms with Crippen LogP contribution in [-0.2, 0) is 0 Å². The molecular formula is C13H23NS. The van der Waals surface area contributed by atoms with Crippen LogP contribution in [0.1, 0.15) is 49.4 Å². The summed E-state index contributed by atoms with van der Waals surface area (Å²) in [5.74, 6) is 0.752. The van der Waals surface area contributed by atoms with E-state index in [9.17, 15) is 0 Å². The van der Waals surface area contributed by atoms with Gasteiger partial charge in [0, 0.05) is 15.8 Å². The fourth-order valence-electron chi connectivity index (χ4n) is 1.73. The van der Waals surface area contributed by atoms with E-state index in [1.54, 1.807) is 0 Å². The van der Waals surface area contributed by atoms with E-state index in [0.717, 1.165) is 12.5 Å². The van der Waals surface area contributed by atoms with Crippen molar-refractivity contribution in [1.29, 1.82) is 0 Å². The summed E-state index contributed by atoms with van der Waals surface area (Å²) in [6, 6.07) is 5.06. The Bertz CT molecular complexity index is 278. The Morgan fingerprint density at radius 2 is 2.07 bits per heavy atom. The van der Waals surface area contributed by atoms with E-state index in [2.05, 4.69) is 45.1 Å². The van der Waals surface area contributed by atoms with Gasteiger partial charge in [-0.15, -0.1) is 11.3 Å². The number of hydrogen-bond acceptors (Lipinski definition) is 2. The van der Waals surface area contributed by atoms with Gasteiger partial charge >= 0.3 is 0 Å². The molecule has 1 nitrogen and oxygen atoms in total. The predicted octanol–water partition coefficient (Wildman–Crippen LogP) is 4.14. The van der Waals surface area contributed by atoms with Crippen LogP contribution in [0.5, 0.6) is 0 Å². The first-order chi connectivity index (χ1) is 7.13. The van der Waals surface area contributed by atoms with Gasteiger partial charge in [0.05, 0.1) is 0 Å². The van der Waals surface area contributed by atoms with Crippen LogP contribution in [0.15, 0.2) is 12.1 Å². The van der Waals surface area contributed by atoms with E-state index in [-0.39, 0.29) is 0 Å². The van der Waals surface area contributed by atoms with Crippen molar-refractivity contribution in [1.82, 2.24) is 5.32 Å². The molecule has 1 N–H and O–H groups in total. The van der Waals surface area contributed by atoms with Crippen molar-refractivity contribution in [2.24, 2.45) is 5.92 Å². The molecule has 1 aromatic heterocycles. The zero-order valence-corrected chi connectivity index (χ0v) is 11.2. The summed E-state index contributed by atoms with van der Waals surface area (Å²) >= 11 is 1.93. The lowest BCUT2D eigenvalue weighted by molar-refractivity contribution is 0.435.